The van der Waals surface area contributed by atoms with Crippen molar-refractivity contribution in [3.05, 3.63) is 24.3 Å². The van der Waals surface area contributed by atoms with E-state index >= 15 is 0 Å². The van der Waals surface area contributed by atoms with Crippen molar-refractivity contribution in [1.82, 2.24) is 0 Å². The van der Waals surface area contributed by atoms with Gasteiger partial charge in [-0.05, 0) is 24.3 Å². The SMILES string of the molecule is CN=S(=O)(Cl)c1ccc(OC(F)(F)F)cc1. The van der Waals surface area contributed by atoms with Gasteiger partial charge in [-0.25, -0.2) is 8.57 Å². The van der Waals surface area contributed by atoms with Gasteiger partial charge in [-0.2, -0.15) is 0 Å². The number of benzene rings is 1. The second kappa shape index (κ2) is 4.50. The Labute approximate surface area is 94.9 Å². The maximum Gasteiger partial charge on any atom is 0.573 e. The second-order valence-electron chi connectivity index (χ2n) is 2.66. The Hall–Kier alpha value is -0.950. The van der Waals surface area contributed by atoms with Crippen LogP contribution in [0.3, 0.4) is 0 Å². The third kappa shape index (κ3) is 3.57. The third-order valence-corrected chi connectivity index (χ3v) is 3.85. The Bertz CT molecular complexity index is 477. The first-order chi connectivity index (χ1) is 7.24. The first-order valence-corrected chi connectivity index (χ1v) is 6.29. The Kier molecular flexibility index (Phi) is 3.69. The molecule has 0 bridgehead atoms. The second-order valence-corrected chi connectivity index (χ2v) is 5.67. The van der Waals surface area contributed by atoms with Crippen LogP contribution in [0, 0.1) is 0 Å². The smallest absolute Gasteiger partial charge is 0.406 e. The predicted molar refractivity (Wildman–Crippen MR) is 53.7 cm³/mol. The summed E-state index contributed by atoms with van der Waals surface area (Å²) in [5.41, 5.74) is 0. The average Bonchev–Trinajstić information content (AvgIpc) is 2.16. The number of hydrogen-bond acceptors (Lipinski definition) is 3. The van der Waals surface area contributed by atoms with E-state index < -0.39 is 21.1 Å². The lowest BCUT2D eigenvalue weighted by molar-refractivity contribution is -0.274. The zero-order valence-electron chi connectivity index (χ0n) is 7.99. The summed E-state index contributed by atoms with van der Waals surface area (Å²) in [6, 6.07) is 4.39. The van der Waals surface area contributed by atoms with Crippen LogP contribution in [0.4, 0.5) is 13.2 Å². The summed E-state index contributed by atoms with van der Waals surface area (Å²) in [7, 11) is 3.74. The maximum absolute atomic E-state index is 11.8. The van der Waals surface area contributed by atoms with Crippen LogP contribution in [0.2, 0.25) is 0 Å². The Morgan fingerprint density at radius 3 is 2.19 bits per heavy atom. The Morgan fingerprint density at radius 1 is 1.31 bits per heavy atom. The van der Waals surface area contributed by atoms with E-state index in [1.807, 2.05) is 0 Å². The van der Waals surface area contributed by atoms with Crippen LogP contribution >= 0.6 is 10.7 Å². The zero-order chi connectivity index (χ0) is 12.4. The molecule has 1 rings (SSSR count). The van der Waals surface area contributed by atoms with Crippen molar-refractivity contribution in [1.29, 1.82) is 0 Å². The van der Waals surface area contributed by atoms with Crippen LogP contribution in [-0.2, 0) is 8.94 Å². The summed E-state index contributed by atoms with van der Waals surface area (Å²) in [6.07, 6.45) is -4.75. The van der Waals surface area contributed by atoms with E-state index in [1.165, 1.54) is 19.2 Å². The van der Waals surface area contributed by atoms with Gasteiger partial charge in [-0.15, -0.1) is 13.2 Å². The van der Waals surface area contributed by atoms with Crippen molar-refractivity contribution >= 4 is 19.6 Å². The van der Waals surface area contributed by atoms with Crippen molar-refractivity contribution in [2.45, 2.75) is 11.3 Å². The van der Waals surface area contributed by atoms with E-state index in [4.69, 9.17) is 10.7 Å². The van der Waals surface area contributed by atoms with Crippen molar-refractivity contribution in [2.75, 3.05) is 7.05 Å². The quantitative estimate of drug-likeness (QED) is 0.776. The lowest BCUT2D eigenvalue weighted by Crippen LogP contribution is -2.17. The number of alkyl halides is 3. The fraction of sp³-hybridized carbons (Fsp3) is 0.250. The van der Waals surface area contributed by atoms with Gasteiger partial charge >= 0.3 is 6.36 Å². The number of nitrogens with zero attached hydrogens (tertiary/aromatic N) is 1. The molecule has 0 saturated heterocycles. The van der Waals surface area contributed by atoms with Gasteiger partial charge in [0.2, 0.25) is 0 Å². The van der Waals surface area contributed by atoms with Gasteiger partial charge in [0.05, 0.1) is 4.90 Å². The summed E-state index contributed by atoms with van der Waals surface area (Å²) in [6.45, 7) is 0. The summed E-state index contributed by atoms with van der Waals surface area (Å²) in [5.74, 6) is -0.404. The van der Waals surface area contributed by atoms with Crippen LogP contribution in [0.5, 0.6) is 5.75 Å². The fourth-order valence-electron chi connectivity index (χ4n) is 0.915. The van der Waals surface area contributed by atoms with Crippen molar-refractivity contribution in [3.63, 3.8) is 0 Å². The Balaban J connectivity index is 2.97. The van der Waals surface area contributed by atoms with Gasteiger partial charge < -0.3 is 4.74 Å². The van der Waals surface area contributed by atoms with E-state index in [2.05, 4.69) is 9.10 Å². The monoisotopic (exact) mass is 273 g/mol. The van der Waals surface area contributed by atoms with Gasteiger partial charge in [-0.3, -0.25) is 0 Å². The molecular weight excluding hydrogens is 267 g/mol. The molecule has 0 amide bonds. The molecule has 0 aromatic heterocycles. The number of rotatable bonds is 2. The van der Waals surface area contributed by atoms with Crippen LogP contribution in [0.25, 0.3) is 0 Å². The molecule has 90 valence electrons. The molecule has 1 aromatic rings. The van der Waals surface area contributed by atoms with Crippen LogP contribution in [0.1, 0.15) is 0 Å². The molecule has 0 saturated carbocycles. The van der Waals surface area contributed by atoms with Gasteiger partial charge in [0.25, 0.3) is 0 Å². The molecule has 0 spiro atoms. The largest absolute Gasteiger partial charge is 0.573 e. The highest BCUT2D eigenvalue weighted by Crippen LogP contribution is 2.25. The Morgan fingerprint density at radius 2 is 1.81 bits per heavy atom. The van der Waals surface area contributed by atoms with Crippen LogP contribution in [-0.4, -0.2) is 17.6 Å². The molecule has 0 fully saturated rings. The summed E-state index contributed by atoms with van der Waals surface area (Å²) in [5, 5.41) is 0. The van der Waals surface area contributed by atoms with E-state index in [0.29, 0.717) is 0 Å². The minimum atomic E-state index is -4.75. The van der Waals surface area contributed by atoms with Gasteiger partial charge in [0.1, 0.15) is 5.75 Å². The molecule has 0 heterocycles. The molecule has 0 aliphatic carbocycles. The van der Waals surface area contributed by atoms with Crippen molar-refractivity contribution in [3.8, 4) is 5.75 Å². The molecule has 0 N–H and O–H groups in total. The molecule has 1 unspecified atom stereocenters. The number of hydrogen-bond donors (Lipinski definition) is 0. The first-order valence-electron chi connectivity index (χ1n) is 3.95. The molecule has 1 atom stereocenters. The molecular formula is C8H7ClF3NO2S. The van der Waals surface area contributed by atoms with Gasteiger partial charge in [-0.1, -0.05) is 0 Å². The average molecular weight is 274 g/mol. The first kappa shape index (κ1) is 13.1. The van der Waals surface area contributed by atoms with E-state index in [9.17, 15) is 17.4 Å². The standard InChI is InChI=1S/C8H7ClF3NO2S/c1-13-16(9,14)7-4-2-6(3-5-7)15-8(10,11)12/h2-5H,1H3. The predicted octanol–water partition coefficient (Wildman–Crippen LogP) is 3.20. The lowest BCUT2D eigenvalue weighted by atomic mass is 10.3. The normalized spacial score (nSPS) is 15.3. The molecule has 0 aliphatic heterocycles. The number of ether oxygens (including phenoxy) is 1. The topological polar surface area (TPSA) is 38.7 Å². The van der Waals surface area contributed by atoms with Gasteiger partial charge in [0, 0.05) is 17.7 Å². The molecule has 0 radical (unpaired) electrons. The van der Waals surface area contributed by atoms with Crippen molar-refractivity contribution < 1.29 is 22.1 Å². The fourth-order valence-corrected chi connectivity index (χ4v) is 1.91. The lowest BCUT2D eigenvalue weighted by Gasteiger charge is -2.08. The van der Waals surface area contributed by atoms with Crippen LogP contribution in [0.15, 0.2) is 33.5 Å². The molecule has 3 nitrogen and oxygen atoms in total. The summed E-state index contributed by atoms with van der Waals surface area (Å²) >= 11 is 0. The molecule has 16 heavy (non-hydrogen) atoms. The van der Waals surface area contributed by atoms with Gasteiger partial charge in [0.15, 0.2) is 8.94 Å². The van der Waals surface area contributed by atoms with E-state index in [0.717, 1.165) is 12.1 Å². The highest BCUT2D eigenvalue weighted by Gasteiger charge is 2.31. The highest BCUT2D eigenvalue weighted by molar-refractivity contribution is 8.15. The number of halogens is 4. The minimum absolute atomic E-state index is 0.131. The minimum Gasteiger partial charge on any atom is -0.406 e. The van der Waals surface area contributed by atoms with Crippen molar-refractivity contribution in [2.24, 2.45) is 4.36 Å². The highest BCUT2D eigenvalue weighted by atomic mass is 35.7. The summed E-state index contributed by atoms with van der Waals surface area (Å²) in [4.78, 5) is 0.131. The molecule has 1 aromatic carbocycles. The van der Waals surface area contributed by atoms with E-state index in [1.54, 1.807) is 0 Å². The van der Waals surface area contributed by atoms with Crippen LogP contribution < -0.4 is 4.74 Å². The summed E-state index contributed by atoms with van der Waals surface area (Å²) < 4.78 is 54.0. The van der Waals surface area contributed by atoms with E-state index in [-0.39, 0.29) is 4.90 Å². The molecule has 8 heteroatoms. The molecule has 0 aliphatic rings. The third-order valence-electron chi connectivity index (χ3n) is 1.58. The zero-order valence-corrected chi connectivity index (χ0v) is 9.57. The maximum atomic E-state index is 11.8.